The van der Waals surface area contributed by atoms with Crippen molar-refractivity contribution in [3.63, 3.8) is 0 Å². The second-order valence-corrected chi connectivity index (χ2v) is 9.62. The fourth-order valence-corrected chi connectivity index (χ4v) is 4.93. The number of hydrogen-bond acceptors (Lipinski definition) is 7. The number of aliphatic hydroxyl groups is 1. The maximum absolute atomic E-state index is 13.4. The highest BCUT2D eigenvalue weighted by Crippen LogP contribution is 2.41. The van der Waals surface area contributed by atoms with E-state index >= 15 is 0 Å². The molecular formula is C31H33N3O6. The van der Waals surface area contributed by atoms with Gasteiger partial charge in [0.25, 0.3) is 17.4 Å². The molecule has 9 heteroatoms. The van der Waals surface area contributed by atoms with Crippen LogP contribution in [-0.4, -0.2) is 57.7 Å². The fraction of sp³-hybridized carbons (Fsp3) is 0.290. The van der Waals surface area contributed by atoms with Gasteiger partial charge in [-0.05, 0) is 54.9 Å². The lowest BCUT2D eigenvalue weighted by Crippen LogP contribution is -2.38. The highest BCUT2D eigenvalue weighted by Gasteiger charge is 2.46. The molecule has 0 aromatic heterocycles. The topological polar surface area (TPSA) is 113 Å². The molecule has 0 bridgehead atoms. The molecule has 1 heterocycles. The van der Waals surface area contributed by atoms with Crippen LogP contribution in [0.4, 0.5) is 5.69 Å². The molecule has 9 nitrogen and oxygen atoms in total. The largest absolute Gasteiger partial charge is 0.507 e. The smallest absolute Gasteiger partial charge is 0.295 e. The number of amides is 1. The number of carbonyl (C=O) groups is 2. The Hall–Kier alpha value is -4.50. The van der Waals surface area contributed by atoms with Crippen molar-refractivity contribution in [3.05, 3.63) is 111 Å². The molecule has 208 valence electrons. The minimum Gasteiger partial charge on any atom is -0.507 e. The normalized spacial score (nSPS) is 16.5. The van der Waals surface area contributed by atoms with Crippen LogP contribution in [0.25, 0.3) is 5.76 Å². The van der Waals surface area contributed by atoms with Gasteiger partial charge in [0.05, 0.1) is 16.5 Å². The molecule has 0 saturated carbocycles. The minimum absolute atomic E-state index is 0.0916. The third kappa shape index (κ3) is 6.05. The lowest BCUT2D eigenvalue weighted by atomic mass is 9.93. The van der Waals surface area contributed by atoms with Gasteiger partial charge in [-0.15, -0.1) is 0 Å². The Labute approximate surface area is 233 Å². The van der Waals surface area contributed by atoms with Gasteiger partial charge in [-0.3, -0.25) is 19.7 Å². The highest BCUT2D eigenvalue weighted by atomic mass is 16.6. The molecule has 1 aliphatic rings. The number of nitro groups is 1. The zero-order valence-electron chi connectivity index (χ0n) is 22.9. The first kappa shape index (κ1) is 28.5. The van der Waals surface area contributed by atoms with Crippen LogP contribution in [0.3, 0.4) is 0 Å². The number of carbonyl (C=O) groups excluding carboxylic acids is 2. The number of non-ortho nitro benzene ring substituents is 1. The van der Waals surface area contributed by atoms with Gasteiger partial charge < -0.3 is 19.6 Å². The fourth-order valence-electron chi connectivity index (χ4n) is 4.93. The third-order valence-corrected chi connectivity index (χ3v) is 7.19. The lowest BCUT2D eigenvalue weighted by molar-refractivity contribution is -0.384. The molecule has 0 unspecified atom stereocenters. The SMILES string of the molecule is CCN(CC)CCN1C(=O)C(=O)C(=C(O)c2ccc(OCc3ccccc3)cc2C)[C@H]1c1cccc([N+](=O)[O-])c1. The van der Waals surface area contributed by atoms with E-state index in [0.717, 1.165) is 18.7 Å². The first-order chi connectivity index (χ1) is 19.2. The zero-order chi connectivity index (χ0) is 28.8. The number of rotatable bonds is 11. The van der Waals surface area contributed by atoms with E-state index in [2.05, 4.69) is 4.90 Å². The number of nitro benzene ring substituents is 1. The number of aliphatic hydroxyl groups excluding tert-OH is 1. The quantitative estimate of drug-likeness (QED) is 0.116. The van der Waals surface area contributed by atoms with E-state index in [-0.39, 0.29) is 23.6 Å². The summed E-state index contributed by atoms with van der Waals surface area (Å²) in [5.41, 5.74) is 2.16. The summed E-state index contributed by atoms with van der Waals surface area (Å²) in [6.45, 7) is 8.43. The van der Waals surface area contributed by atoms with Crippen LogP contribution in [0.2, 0.25) is 0 Å². The molecule has 0 aliphatic carbocycles. The number of aryl methyl sites for hydroxylation is 1. The summed E-state index contributed by atoms with van der Waals surface area (Å²) >= 11 is 0. The van der Waals surface area contributed by atoms with Crippen LogP contribution in [-0.2, 0) is 16.2 Å². The monoisotopic (exact) mass is 543 g/mol. The molecule has 1 aliphatic heterocycles. The molecule has 0 spiro atoms. The standard InChI is InChI=1S/C31H33N3O6/c1-4-32(5-2)16-17-33-28(23-12-9-13-24(19-23)34(38)39)27(30(36)31(33)37)29(35)26-15-14-25(18-21(26)3)40-20-22-10-7-6-8-11-22/h6-15,18-19,28,35H,4-5,16-17,20H2,1-3H3/t28-/m1/s1. The Morgan fingerprint density at radius 1 is 1.02 bits per heavy atom. The van der Waals surface area contributed by atoms with E-state index in [4.69, 9.17) is 4.74 Å². The Kier molecular flexibility index (Phi) is 8.96. The van der Waals surface area contributed by atoms with Crippen molar-refractivity contribution in [2.24, 2.45) is 0 Å². The van der Waals surface area contributed by atoms with Gasteiger partial charge in [0, 0.05) is 30.8 Å². The molecule has 4 rings (SSSR count). The molecule has 1 fully saturated rings. The number of nitrogens with zero attached hydrogens (tertiary/aromatic N) is 3. The van der Waals surface area contributed by atoms with Crippen molar-refractivity contribution in [2.75, 3.05) is 26.2 Å². The van der Waals surface area contributed by atoms with Gasteiger partial charge in [-0.25, -0.2) is 0 Å². The Bertz CT molecular complexity index is 1430. The summed E-state index contributed by atoms with van der Waals surface area (Å²) in [6, 6.07) is 19.7. The number of likely N-dealkylation sites (tertiary alicyclic amines) is 1. The summed E-state index contributed by atoms with van der Waals surface area (Å²) in [7, 11) is 0. The molecule has 1 saturated heterocycles. The van der Waals surface area contributed by atoms with Crippen molar-refractivity contribution in [3.8, 4) is 5.75 Å². The number of hydrogen-bond donors (Lipinski definition) is 1. The Morgan fingerprint density at radius 3 is 2.40 bits per heavy atom. The van der Waals surface area contributed by atoms with Gasteiger partial charge in [0.2, 0.25) is 0 Å². The number of Topliss-reactive ketones (excluding diaryl/α,β-unsaturated/α-hetero) is 1. The first-order valence-corrected chi connectivity index (χ1v) is 13.3. The van der Waals surface area contributed by atoms with Crippen molar-refractivity contribution < 1.29 is 24.4 Å². The highest BCUT2D eigenvalue weighted by molar-refractivity contribution is 6.46. The molecule has 1 N–H and O–H groups in total. The van der Waals surface area contributed by atoms with E-state index in [0.29, 0.717) is 35.6 Å². The predicted molar refractivity (Wildman–Crippen MR) is 152 cm³/mol. The molecule has 3 aromatic carbocycles. The summed E-state index contributed by atoms with van der Waals surface area (Å²) in [5, 5.41) is 23.0. The third-order valence-electron chi connectivity index (χ3n) is 7.19. The number of benzene rings is 3. The van der Waals surface area contributed by atoms with Crippen LogP contribution in [0.15, 0.2) is 78.4 Å². The lowest BCUT2D eigenvalue weighted by Gasteiger charge is -2.28. The molecule has 40 heavy (non-hydrogen) atoms. The van der Waals surface area contributed by atoms with Gasteiger partial charge in [-0.2, -0.15) is 0 Å². The van der Waals surface area contributed by atoms with Crippen LogP contribution in [0.1, 0.15) is 42.1 Å². The van der Waals surface area contributed by atoms with Crippen LogP contribution in [0.5, 0.6) is 5.75 Å². The minimum atomic E-state index is -0.969. The summed E-state index contributed by atoms with van der Waals surface area (Å²) in [5.74, 6) is -1.30. The first-order valence-electron chi connectivity index (χ1n) is 13.3. The maximum atomic E-state index is 13.4. The Balaban J connectivity index is 1.73. The molecule has 1 amide bonds. The van der Waals surface area contributed by atoms with E-state index in [1.807, 2.05) is 44.2 Å². The maximum Gasteiger partial charge on any atom is 0.295 e. The van der Waals surface area contributed by atoms with Gasteiger partial charge in [0.1, 0.15) is 18.1 Å². The molecule has 0 radical (unpaired) electrons. The van der Waals surface area contributed by atoms with Gasteiger partial charge in [-0.1, -0.05) is 56.3 Å². The second-order valence-electron chi connectivity index (χ2n) is 9.62. The number of ether oxygens (including phenoxy) is 1. The van der Waals surface area contributed by atoms with E-state index in [1.54, 1.807) is 31.2 Å². The predicted octanol–water partition coefficient (Wildman–Crippen LogP) is 5.25. The van der Waals surface area contributed by atoms with E-state index in [1.165, 1.54) is 23.1 Å². The number of ketones is 1. The van der Waals surface area contributed by atoms with Crippen LogP contribution in [0, 0.1) is 17.0 Å². The van der Waals surface area contributed by atoms with Crippen molar-refractivity contribution in [1.29, 1.82) is 0 Å². The van der Waals surface area contributed by atoms with Crippen molar-refractivity contribution >= 4 is 23.1 Å². The van der Waals surface area contributed by atoms with E-state index < -0.39 is 22.7 Å². The molecule has 1 atom stereocenters. The molecule has 3 aromatic rings. The summed E-state index contributed by atoms with van der Waals surface area (Å²) in [6.07, 6.45) is 0. The average Bonchev–Trinajstić information content (AvgIpc) is 3.22. The second kappa shape index (κ2) is 12.6. The number of likely N-dealkylation sites (N-methyl/N-ethyl adjacent to an activating group) is 1. The zero-order valence-corrected chi connectivity index (χ0v) is 22.9. The average molecular weight is 544 g/mol. The van der Waals surface area contributed by atoms with E-state index in [9.17, 15) is 24.8 Å². The Morgan fingerprint density at radius 2 is 1.75 bits per heavy atom. The van der Waals surface area contributed by atoms with Crippen molar-refractivity contribution in [2.45, 2.75) is 33.4 Å². The van der Waals surface area contributed by atoms with Gasteiger partial charge in [0.15, 0.2) is 0 Å². The molecular weight excluding hydrogens is 510 g/mol. The summed E-state index contributed by atoms with van der Waals surface area (Å²) in [4.78, 5) is 41.1. The summed E-state index contributed by atoms with van der Waals surface area (Å²) < 4.78 is 5.89. The van der Waals surface area contributed by atoms with Crippen molar-refractivity contribution in [1.82, 2.24) is 9.80 Å². The van der Waals surface area contributed by atoms with Crippen LogP contribution >= 0.6 is 0 Å². The van der Waals surface area contributed by atoms with Crippen LogP contribution < -0.4 is 4.74 Å². The van der Waals surface area contributed by atoms with Gasteiger partial charge >= 0.3 is 0 Å².